The van der Waals surface area contributed by atoms with Crippen LogP contribution in [0.25, 0.3) is 0 Å². The third-order valence-electron chi connectivity index (χ3n) is 1.29. The molecule has 0 saturated heterocycles. The van der Waals surface area contributed by atoms with Crippen molar-refractivity contribution in [3.05, 3.63) is 11.4 Å². The second kappa shape index (κ2) is 3.29. The fraction of sp³-hybridized carbons (Fsp3) is 0.500. The summed E-state index contributed by atoms with van der Waals surface area (Å²) in [6.45, 7) is -0.821. The number of aromatic nitrogens is 3. The molecule has 0 bridgehead atoms. The molecule has 12 heavy (non-hydrogen) atoms. The number of halogens is 1. The van der Waals surface area contributed by atoms with Crippen molar-refractivity contribution in [2.75, 3.05) is 7.11 Å². The first-order chi connectivity index (χ1) is 5.69. The normalized spacial score (nSPS) is 9.92. The van der Waals surface area contributed by atoms with Gasteiger partial charge in [0.1, 0.15) is 12.4 Å². The van der Waals surface area contributed by atoms with Crippen LogP contribution in [0.15, 0.2) is 0 Å². The fourth-order valence-electron chi connectivity index (χ4n) is 0.792. The lowest BCUT2D eigenvalue weighted by atomic mass is 10.3. The van der Waals surface area contributed by atoms with E-state index in [9.17, 15) is 9.18 Å². The first kappa shape index (κ1) is 8.63. The van der Waals surface area contributed by atoms with E-state index in [1.807, 2.05) is 0 Å². The predicted molar refractivity (Wildman–Crippen MR) is 37.2 cm³/mol. The van der Waals surface area contributed by atoms with Gasteiger partial charge in [-0.1, -0.05) is 0 Å². The van der Waals surface area contributed by atoms with Gasteiger partial charge in [0.2, 0.25) is 0 Å². The Hall–Kier alpha value is -1.46. The maximum Gasteiger partial charge on any atom is 0.360 e. The van der Waals surface area contributed by atoms with Crippen LogP contribution in [0.3, 0.4) is 0 Å². The lowest BCUT2D eigenvalue weighted by Crippen LogP contribution is -2.05. The Labute approximate surface area is 68.1 Å². The van der Waals surface area contributed by atoms with Crippen LogP contribution in [-0.4, -0.2) is 28.1 Å². The monoisotopic (exact) mass is 173 g/mol. The third-order valence-corrected chi connectivity index (χ3v) is 1.29. The van der Waals surface area contributed by atoms with E-state index < -0.39 is 12.6 Å². The molecule has 0 aliphatic rings. The van der Waals surface area contributed by atoms with Crippen LogP contribution in [0.2, 0.25) is 0 Å². The predicted octanol–water partition coefficient (Wildman–Crippen LogP) is 0.0712. The number of hydrogen-bond donors (Lipinski definition) is 0. The van der Waals surface area contributed by atoms with E-state index in [1.54, 1.807) is 0 Å². The van der Waals surface area contributed by atoms with Gasteiger partial charge in [-0.3, -0.25) is 0 Å². The molecule has 1 aromatic heterocycles. The summed E-state index contributed by atoms with van der Waals surface area (Å²) in [6, 6.07) is 0. The van der Waals surface area contributed by atoms with Crippen molar-refractivity contribution in [3.63, 3.8) is 0 Å². The summed E-state index contributed by atoms with van der Waals surface area (Å²) in [5.74, 6) is -0.671. The van der Waals surface area contributed by atoms with Gasteiger partial charge in [-0.05, 0) is 0 Å². The molecule has 66 valence electrons. The van der Waals surface area contributed by atoms with E-state index in [0.29, 0.717) is 0 Å². The standard InChI is InChI=1S/C6H8FN3O2/c1-10-8-4(3-7)5(9-10)6(11)12-2/h3H2,1-2H3. The molecule has 0 atom stereocenters. The summed E-state index contributed by atoms with van der Waals surface area (Å²) in [7, 11) is 2.71. The van der Waals surface area contributed by atoms with Crippen molar-refractivity contribution in [3.8, 4) is 0 Å². The van der Waals surface area contributed by atoms with Gasteiger partial charge < -0.3 is 4.74 Å². The third kappa shape index (κ3) is 1.41. The molecule has 6 heteroatoms. The number of methoxy groups -OCH3 is 1. The quantitative estimate of drug-likeness (QED) is 0.594. The average Bonchev–Trinajstić information content (AvgIpc) is 2.45. The van der Waals surface area contributed by atoms with Crippen molar-refractivity contribution >= 4 is 5.97 Å². The first-order valence-electron chi connectivity index (χ1n) is 3.23. The van der Waals surface area contributed by atoms with E-state index in [0.717, 1.165) is 4.80 Å². The summed E-state index contributed by atoms with van der Waals surface area (Å²) in [6.07, 6.45) is 0. The van der Waals surface area contributed by atoms with Crippen LogP contribution in [0, 0.1) is 0 Å². The highest BCUT2D eigenvalue weighted by Gasteiger charge is 2.17. The van der Waals surface area contributed by atoms with Gasteiger partial charge in [-0.15, -0.1) is 5.10 Å². The molecule has 0 aliphatic carbocycles. The molecule has 0 unspecified atom stereocenters. The van der Waals surface area contributed by atoms with Gasteiger partial charge in [-0.25, -0.2) is 9.18 Å². The van der Waals surface area contributed by atoms with E-state index in [2.05, 4.69) is 14.9 Å². The molecule has 0 aliphatic heterocycles. The number of rotatable bonds is 2. The number of ether oxygens (including phenoxy) is 1. The molecule has 0 spiro atoms. The molecule has 0 fully saturated rings. The Morgan fingerprint density at radius 2 is 2.33 bits per heavy atom. The molecule has 0 aromatic carbocycles. The first-order valence-corrected chi connectivity index (χ1v) is 3.23. The Morgan fingerprint density at radius 3 is 2.83 bits per heavy atom. The molecule has 1 aromatic rings. The van der Waals surface area contributed by atoms with Crippen molar-refractivity contribution in [1.29, 1.82) is 0 Å². The molecular formula is C6H8FN3O2. The topological polar surface area (TPSA) is 57.0 Å². The summed E-state index contributed by atoms with van der Waals surface area (Å²) in [5, 5.41) is 7.27. The minimum absolute atomic E-state index is 0.00403. The van der Waals surface area contributed by atoms with E-state index in [1.165, 1.54) is 14.2 Å². The largest absolute Gasteiger partial charge is 0.464 e. The van der Waals surface area contributed by atoms with E-state index in [-0.39, 0.29) is 11.4 Å². The maximum atomic E-state index is 12.2. The number of nitrogens with zero attached hydrogens (tertiary/aromatic N) is 3. The lowest BCUT2D eigenvalue weighted by molar-refractivity contribution is 0.0591. The lowest BCUT2D eigenvalue weighted by Gasteiger charge is -1.92. The van der Waals surface area contributed by atoms with Crippen LogP contribution in [0.5, 0.6) is 0 Å². The Morgan fingerprint density at radius 1 is 1.67 bits per heavy atom. The van der Waals surface area contributed by atoms with Gasteiger partial charge in [0, 0.05) is 7.05 Å². The smallest absolute Gasteiger partial charge is 0.360 e. The molecule has 1 heterocycles. The van der Waals surface area contributed by atoms with Gasteiger partial charge in [0.05, 0.1) is 7.11 Å². The minimum Gasteiger partial charge on any atom is -0.464 e. The number of carbonyl (C=O) groups excluding carboxylic acids is 1. The Balaban J connectivity index is 3.04. The molecule has 5 nitrogen and oxygen atoms in total. The molecular weight excluding hydrogens is 165 g/mol. The highest BCUT2D eigenvalue weighted by atomic mass is 19.1. The second-order valence-electron chi connectivity index (χ2n) is 2.11. The van der Waals surface area contributed by atoms with Crippen molar-refractivity contribution < 1.29 is 13.9 Å². The number of esters is 1. The highest BCUT2D eigenvalue weighted by Crippen LogP contribution is 2.04. The second-order valence-corrected chi connectivity index (χ2v) is 2.11. The molecule has 1 rings (SSSR count). The van der Waals surface area contributed by atoms with Crippen molar-refractivity contribution in [1.82, 2.24) is 15.0 Å². The van der Waals surface area contributed by atoms with Gasteiger partial charge in [-0.2, -0.15) is 9.90 Å². The molecule has 0 saturated carbocycles. The number of hydrogen-bond acceptors (Lipinski definition) is 4. The van der Waals surface area contributed by atoms with E-state index >= 15 is 0 Å². The molecule has 0 amide bonds. The average molecular weight is 173 g/mol. The zero-order chi connectivity index (χ0) is 9.14. The molecule has 0 radical (unpaired) electrons. The summed E-state index contributed by atoms with van der Waals surface area (Å²) >= 11 is 0. The number of alkyl halides is 1. The fourth-order valence-corrected chi connectivity index (χ4v) is 0.792. The van der Waals surface area contributed by atoms with Crippen LogP contribution in [0.4, 0.5) is 4.39 Å². The minimum atomic E-state index is -0.821. The number of carbonyl (C=O) groups is 1. The van der Waals surface area contributed by atoms with Crippen molar-refractivity contribution in [2.24, 2.45) is 7.05 Å². The van der Waals surface area contributed by atoms with Crippen molar-refractivity contribution in [2.45, 2.75) is 6.67 Å². The van der Waals surface area contributed by atoms with E-state index in [4.69, 9.17) is 0 Å². The number of aryl methyl sites for hydroxylation is 1. The van der Waals surface area contributed by atoms with Crippen LogP contribution in [0.1, 0.15) is 16.2 Å². The van der Waals surface area contributed by atoms with Crippen LogP contribution in [-0.2, 0) is 18.5 Å². The van der Waals surface area contributed by atoms with Gasteiger partial charge >= 0.3 is 5.97 Å². The Bertz CT molecular complexity index is 297. The van der Waals surface area contributed by atoms with Crippen LogP contribution < -0.4 is 0 Å². The zero-order valence-electron chi connectivity index (χ0n) is 6.74. The SMILES string of the molecule is COC(=O)c1nn(C)nc1CF. The summed E-state index contributed by atoms with van der Waals surface area (Å²) in [4.78, 5) is 12.0. The zero-order valence-corrected chi connectivity index (χ0v) is 6.74. The van der Waals surface area contributed by atoms with Crippen LogP contribution >= 0.6 is 0 Å². The highest BCUT2D eigenvalue weighted by molar-refractivity contribution is 5.88. The summed E-state index contributed by atoms with van der Waals surface area (Å²) in [5.41, 5.74) is -0.0631. The maximum absolute atomic E-state index is 12.2. The molecule has 0 N–H and O–H groups in total. The van der Waals surface area contributed by atoms with Gasteiger partial charge in [0.25, 0.3) is 0 Å². The Kier molecular flexibility index (Phi) is 2.37. The summed E-state index contributed by atoms with van der Waals surface area (Å²) < 4.78 is 16.5. The van der Waals surface area contributed by atoms with Gasteiger partial charge in [0.15, 0.2) is 5.69 Å².